The van der Waals surface area contributed by atoms with Gasteiger partial charge in [-0.2, -0.15) is 0 Å². The zero-order chi connectivity index (χ0) is 14.4. The Morgan fingerprint density at radius 2 is 2.00 bits per heavy atom. The molecule has 110 valence electrons. The predicted molar refractivity (Wildman–Crippen MR) is 84.8 cm³/mol. The van der Waals surface area contributed by atoms with Crippen LogP contribution in [0, 0.1) is 11.8 Å². The van der Waals surface area contributed by atoms with E-state index < -0.39 is 0 Å². The molecule has 1 aliphatic carbocycles. The average molecular weight is 273 g/mol. The van der Waals surface area contributed by atoms with E-state index in [1.54, 1.807) is 0 Å². The Morgan fingerprint density at radius 1 is 1.25 bits per heavy atom. The fraction of sp³-hybridized carbons (Fsp3) is 0.611. The average Bonchev–Trinajstić information content (AvgIpc) is 2.48. The highest BCUT2D eigenvalue weighted by Crippen LogP contribution is 2.31. The summed E-state index contributed by atoms with van der Waals surface area (Å²) in [5.74, 6) is 1.27. The van der Waals surface area contributed by atoms with Crippen molar-refractivity contribution in [3.63, 3.8) is 0 Å². The Bertz CT molecular complexity index is 415. The Labute approximate surface area is 123 Å². The maximum atomic E-state index is 12.9. The molecule has 1 aliphatic rings. The van der Waals surface area contributed by atoms with Crippen molar-refractivity contribution in [1.29, 1.82) is 0 Å². The van der Waals surface area contributed by atoms with Crippen LogP contribution >= 0.6 is 0 Å². The summed E-state index contributed by atoms with van der Waals surface area (Å²) in [4.78, 5) is 14.9. The monoisotopic (exact) mass is 273 g/mol. The number of carbonyl (C=O) groups excluding carboxylic acids is 1. The highest BCUT2D eigenvalue weighted by Gasteiger charge is 2.29. The van der Waals surface area contributed by atoms with Gasteiger partial charge in [-0.1, -0.05) is 51.3 Å². The van der Waals surface area contributed by atoms with Crippen LogP contribution in [0.4, 0.5) is 5.69 Å². The number of amides is 1. The predicted octanol–water partition coefficient (Wildman–Crippen LogP) is 4.65. The van der Waals surface area contributed by atoms with E-state index in [1.807, 2.05) is 23.1 Å². The van der Waals surface area contributed by atoms with Crippen molar-refractivity contribution in [3.8, 4) is 0 Å². The van der Waals surface area contributed by atoms with Crippen molar-refractivity contribution in [2.24, 2.45) is 11.8 Å². The number of benzene rings is 1. The van der Waals surface area contributed by atoms with E-state index in [9.17, 15) is 4.79 Å². The molecule has 0 N–H and O–H groups in total. The lowest BCUT2D eigenvalue weighted by Crippen LogP contribution is -2.38. The summed E-state index contributed by atoms with van der Waals surface area (Å²) < 4.78 is 0. The zero-order valence-electron chi connectivity index (χ0n) is 12.8. The molecule has 1 aromatic carbocycles. The normalized spacial score (nSPS) is 22.5. The van der Waals surface area contributed by atoms with E-state index in [4.69, 9.17) is 0 Å². The lowest BCUT2D eigenvalue weighted by Gasteiger charge is -2.31. The van der Waals surface area contributed by atoms with Gasteiger partial charge in [-0.3, -0.25) is 4.79 Å². The summed E-state index contributed by atoms with van der Waals surface area (Å²) in [6.45, 7) is 5.30. The molecular weight excluding hydrogens is 246 g/mol. The molecule has 20 heavy (non-hydrogen) atoms. The molecule has 0 bridgehead atoms. The van der Waals surface area contributed by atoms with E-state index in [2.05, 4.69) is 26.0 Å². The van der Waals surface area contributed by atoms with E-state index in [-0.39, 0.29) is 5.92 Å². The fourth-order valence-corrected chi connectivity index (χ4v) is 3.17. The van der Waals surface area contributed by atoms with Gasteiger partial charge >= 0.3 is 0 Å². The van der Waals surface area contributed by atoms with Gasteiger partial charge in [0.2, 0.25) is 5.91 Å². The van der Waals surface area contributed by atoms with Crippen LogP contribution in [0.25, 0.3) is 0 Å². The third-order valence-corrected chi connectivity index (χ3v) is 4.35. The number of anilines is 1. The van der Waals surface area contributed by atoms with Gasteiger partial charge in [-0.25, -0.2) is 0 Å². The zero-order valence-corrected chi connectivity index (χ0v) is 12.8. The molecule has 0 saturated heterocycles. The van der Waals surface area contributed by atoms with Gasteiger partial charge in [0.15, 0.2) is 0 Å². The second-order valence-electron chi connectivity index (χ2n) is 6.15. The maximum Gasteiger partial charge on any atom is 0.230 e. The van der Waals surface area contributed by atoms with Crippen LogP contribution in [0.1, 0.15) is 52.4 Å². The van der Waals surface area contributed by atoms with Gasteiger partial charge in [-0.15, -0.1) is 0 Å². The number of hydrogen-bond donors (Lipinski definition) is 0. The van der Waals surface area contributed by atoms with Gasteiger partial charge in [0.05, 0.1) is 0 Å². The molecule has 0 radical (unpaired) electrons. The molecule has 2 nitrogen and oxygen atoms in total. The second-order valence-corrected chi connectivity index (χ2v) is 6.15. The third kappa shape index (κ3) is 3.84. The SMILES string of the molecule is CCCCN(C(=O)C1CCCC(C)C1)c1ccccc1. The molecule has 2 unspecified atom stereocenters. The smallest absolute Gasteiger partial charge is 0.230 e. The number of carbonyl (C=O) groups is 1. The van der Waals surface area contributed by atoms with Crippen LogP contribution in [-0.4, -0.2) is 12.5 Å². The Kier molecular flexibility index (Phi) is 5.63. The molecule has 2 heteroatoms. The number of para-hydroxylation sites is 1. The molecule has 1 fully saturated rings. The van der Waals surface area contributed by atoms with Gasteiger partial charge in [-0.05, 0) is 37.3 Å². The Hall–Kier alpha value is -1.31. The maximum absolute atomic E-state index is 12.9. The van der Waals surface area contributed by atoms with Crippen molar-refractivity contribution in [2.45, 2.75) is 52.4 Å². The number of hydrogen-bond acceptors (Lipinski definition) is 1. The third-order valence-electron chi connectivity index (χ3n) is 4.35. The molecule has 0 spiro atoms. The van der Waals surface area contributed by atoms with Crippen LogP contribution in [0.15, 0.2) is 30.3 Å². The first kappa shape index (κ1) is 15.1. The lowest BCUT2D eigenvalue weighted by atomic mass is 9.81. The number of nitrogens with zero attached hydrogens (tertiary/aromatic N) is 1. The van der Waals surface area contributed by atoms with Crippen LogP contribution in [-0.2, 0) is 4.79 Å². The first-order valence-corrected chi connectivity index (χ1v) is 8.08. The van der Waals surface area contributed by atoms with Gasteiger partial charge < -0.3 is 4.90 Å². The number of unbranched alkanes of at least 4 members (excludes halogenated alkanes) is 1. The van der Waals surface area contributed by atoms with Crippen LogP contribution in [0.2, 0.25) is 0 Å². The molecule has 0 heterocycles. The van der Waals surface area contributed by atoms with Crippen LogP contribution in [0.3, 0.4) is 0 Å². The quantitative estimate of drug-likeness (QED) is 0.765. The minimum absolute atomic E-state index is 0.232. The molecular formula is C18H27NO. The molecule has 2 rings (SSSR count). The minimum Gasteiger partial charge on any atom is -0.312 e. The van der Waals surface area contributed by atoms with Gasteiger partial charge in [0.25, 0.3) is 0 Å². The first-order chi connectivity index (χ1) is 9.72. The van der Waals surface area contributed by atoms with E-state index in [0.29, 0.717) is 11.8 Å². The largest absolute Gasteiger partial charge is 0.312 e. The van der Waals surface area contributed by atoms with E-state index in [0.717, 1.165) is 37.9 Å². The summed E-state index contributed by atoms with van der Waals surface area (Å²) in [6, 6.07) is 10.2. The topological polar surface area (TPSA) is 20.3 Å². The summed E-state index contributed by atoms with van der Waals surface area (Å²) in [7, 11) is 0. The Balaban J connectivity index is 2.11. The molecule has 1 amide bonds. The molecule has 2 atom stereocenters. The fourth-order valence-electron chi connectivity index (χ4n) is 3.17. The van der Waals surface area contributed by atoms with E-state index in [1.165, 1.54) is 12.8 Å². The summed E-state index contributed by atoms with van der Waals surface area (Å²) >= 11 is 0. The standard InChI is InChI=1S/C18H27NO/c1-3-4-13-19(17-11-6-5-7-12-17)18(20)16-10-8-9-15(2)14-16/h5-7,11-12,15-16H,3-4,8-10,13-14H2,1-2H3. The van der Waals surface area contributed by atoms with Crippen molar-refractivity contribution >= 4 is 11.6 Å². The highest BCUT2D eigenvalue weighted by atomic mass is 16.2. The van der Waals surface area contributed by atoms with Gasteiger partial charge in [0, 0.05) is 18.2 Å². The van der Waals surface area contributed by atoms with Crippen molar-refractivity contribution in [1.82, 2.24) is 0 Å². The summed E-state index contributed by atoms with van der Waals surface area (Å²) in [5, 5.41) is 0. The van der Waals surface area contributed by atoms with Crippen LogP contribution < -0.4 is 4.90 Å². The summed E-state index contributed by atoms with van der Waals surface area (Å²) in [5.41, 5.74) is 1.06. The summed E-state index contributed by atoms with van der Waals surface area (Å²) in [6.07, 6.45) is 6.81. The highest BCUT2D eigenvalue weighted by molar-refractivity contribution is 5.95. The van der Waals surface area contributed by atoms with E-state index >= 15 is 0 Å². The van der Waals surface area contributed by atoms with Crippen molar-refractivity contribution < 1.29 is 4.79 Å². The first-order valence-electron chi connectivity index (χ1n) is 8.08. The molecule has 0 aliphatic heterocycles. The van der Waals surface area contributed by atoms with Crippen molar-refractivity contribution in [3.05, 3.63) is 30.3 Å². The van der Waals surface area contributed by atoms with Crippen LogP contribution in [0.5, 0.6) is 0 Å². The Morgan fingerprint density at radius 3 is 2.65 bits per heavy atom. The minimum atomic E-state index is 0.232. The second kappa shape index (κ2) is 7.47. The van der Waals surface area contributed by atoms with Gasteiger partial charge in [0.1, 0.15) is 0 Å². The molecule has 1 saturated carbocycles. The lowest BCUT2D eigenvalue weighted by molar-refractivity contribution is -0.123. The molecule has 0 aromatic heterocycles. The van der Waals surface area contributed by atoms with Crippen molar-refractivity contribution in [2.75, 3.05) is 11.4 Å². The molecule has 1 aromatic rings. The number of rotatable bonds is 5.